The molecule has 0 unspecified atom stereocenters. The first kappa shape index (κ1) is 23.6. The van der Waals surface area contributed by atoms with E-state index < -0.39 is 0 Å². The number of rotatable bonds is 5. The molecule has 1 saturated heterocycles. The Morgan fingerprint density at radius 2 is 1.94 bits per heavy atom. The second-order valence-electron chi connectivity index (χ2n) is 9.64. The molecule has 8 heteroatoms. The molecular weight excluding hydrogens is 450 g/mol. The van der Waals surface area contributed by atoms with Crippen LogP contribution in [-0.4, -0.2) is 39.3 Å². The van der Waals surface area contributed by atoms with Gasteiger partial charge >= 0.3 is 0 Å². The van der Waals surface area contributed by atoms with Crippen molar-refractivity contribution < 1.29 is 4.74 Å². The normalized spacial score (nSPS) is 16.6. The number of terminal acetylenes is 1. The van der Waals surface area contributed by atoms with Crippen LogP contribution in [0.25, 0.3) is 5.52 Å². The first-order valence-electron chi connectivity index (χ1n) is 12.0. The zero-order valence-corrected chi connectivity index (χ0v) is 20.9. The predicted molar refractivity (Wildman–Crippen MR) is 142 cm³/mol. The molecule has 36 heavy (non-hydrogen) atoms. The van der Waals surface area contributed by atoms with E-state index in [1.54, 1.807) is 13.4 Å². The Morgan fingerprint density at radius 3 is 2.64 bits per heavy atom. The first-order chi connectivity index (χ1) is 17.5. The smallest absolute Gasteiger partial charge is 0.158 e. The van der Waals surface area contributed by atoms with Gasteiger partial charge in [0.15, 0.2) is 5.82 Å². The standard InChI is InChI=1S/C26H29N7O.C2H2/c1-17-10-19(4-5-22(17)34-20-6-8-32(3)23(11-20)27-2)31-25-24-21(7-9-33(24)30-16-29-25)18-12-26(13-18)14-28-15-26;1-2/h4-11,16,18,28H,12-15H2,1-3H3,(H,29,30,31);1-2H. The van der Waals surface area contributed by atoms with Gasteiger partial charge in [-0.3, -0.25) is 4.99 Å². The van der Waals surface area contributed by atoms with Crippen LogP contribution >= 0.6 is 0 Å². The van der Waals surface area contributed by atoms with E-state index in [9.17, 15) is 0 Å². The van der Waals surface area contributed by atoms with Crippen LogP contribution in [0, 0.1) is 25.2 Å². The van der Waals surface area contributed by atoms with Crippen molar-refractivity contribution in [3.05, 3.63) is 71.7 Å². The molecule has 2 N–H and O–H groups in total. The summed E-state index contributed by atoms with van der Waals surface area (Å²) in [6, 6.07) is 12.2. The van der Waals surface area contributed by atoms with Crippen molar-refractivity contribution in [2.45, 2.75) is 25.7 Å². The maximum atomic E-state index is 6.14. The summed E-state index contributed by atoms with van der Waals surface area (Å²) in [5, 5.41) is 11.4. The molecule has 0 amide bonds. The molecule has 1 aromatic carbocycles. The number of nitrogens with zero attached hydrogens (tertiary/aromatic N) is 5. The lowest BCUT2D eigenvalue weighted by Crippen LogP contribution is -2.59. The minimum Gasteiger partial charge on any atom is -0.457 e. The van der Waals surface area contributed by atoms with Crippen molar-refractivity contribution in [1.82, 2.24) is 24.5 Å². The van der Waals surface area contributed by atoms with Gasteiger partial charge in [0.05, 0.1) is 0 Å². The lowest BCUT2D eigenvalue weighted by Gasteiger charge is -2.54. The Labute approximate surface area is 211 Å². The number of fused-ring (bicyclic) bond motifs is 1. The minimum absolute atomic E-state index is 0.525. The van der Waals surface area contributed by atoms with Crippen LogP contribution in [0.3, 0.4) is 0 Å². The summed E-state index contributed by atoms with van der Waals surface area (Å²) in [4.78, 5) is 8.87. The van der Waals surface area contributed by atoms with Gasteiger partial charge in [0.1, 0.15) is 28.8 Å². The van der Waals surface area contributed by atoms with Crippen molar-refractivity contribution in [1.29, 1.82) is 0 Å². The van der Waals surface area contributed by atoms with Crippen molar-refractivity contribution >= 4 is 17.0 Å². The van der Waals surface area contributed by atoms with E-state index >= 15 is 0 Å². The average Bonchev–Trinajstić information content (AvgIpc) is 3.26. The van der Waals surface area contributed by atoms with Crippen LogP contribution in [0.4, 0.5) is 11.5 Å². The summed E-state index contributed by atoms with van der Waals surface area (Å²) in [5.41, 5.74) is 5.79. The molecule has 4 heterocycles. The van der Waals surface area contributed by atoms with Gasteiger partial charge in [0.25, 0.3) is 0 Å². The van der Waals surface area contributed by atoms with Gasteiger partial charge in [0, 0.05) is 51.3 Å². The maximum Gasteiger partial charge on any atom is 0.158 e. The van der Waals surface area contributed by atoms with E-state index in [1.165, 1.54) is 18.4 Å². The Bertz CT molecular complexity index is 1480. The summed E-state index contributed by atoms with van der Waals surface area (Å²) in [6.07, 6.45) is 16.1. The van der Waals surface area contributed by atoms with Crippen molar-refractivity contribution in [2.24, 2.45) is 17.5 Å². The largest absolute Gasteiger partial charge is 0.457 e. The van der Waals surface area contributed by atoms with Crippen molar-refractivity contribution in [3.8, 4) is 24.3 Å². The first-order valence-corrected chi connectivity index (χ1v) is 12.0. The molecule has 8 nitrogen and oxygen atoms in total. The van der Waals surface area contributed by atoms with Gasteiger partial charge < -0.3 is 19.9 Å². The van der Waals surface area contributed by atoms with E-state index in [0.29, 0.717) is 11.3 Å². The summed E-state index contributed by atoms with van der Waals surface area (Å²) in [6.45, 7) is 4.36. The summed E-state index contributed by atoms with van der Waals surface area (Å²) in [7, 11) is 3.74. The highest BCUT2D eigenvalue weighted by atomic mass is 16.5. The number of ether oxygens (including phenoxy) is 1. The zero-order chi connectivity index (χ0) is 25.3. The third-order valence-electron chi connectivity index (χ3n) is 7.27. The van der Waals surface area contributed by atoms with E-state index in [1.807, 2.05) is 59.7 Å². The van der Waals surface area contributed by atoms with Crippen LogP contribution in [-0.2, 0) is 7.05 Å². The van der Waals surface area contributed by atoms with Crippen LogP contribution in [0.5, 0.6) is 11.5 Å². The summed E-state index contributed by atoms with van der Waals surface area (Å²) < 4.78 is 10.0. The number of pyridine rings is 1. The Morgan fingerprint density at radius 1 is 1.14 bits per heavy atom. The lowest BCUT2D eigenvalue weighted by molar-refractivity contribution is 0.0368. The van der Waals surface area contributed by atoms with Gasteiger partial charge in [-0.05, 0) is 72.6 Å². The molecular formula is C28H31N7O. The fourth-order valence-electron chi connectivity index (χ4n) is 5.30. The van der Waals surface area contributed by atoms with Gasteiger partial charge in [-0.15, -0.1) is 12.8 Å². The van der Waals surface area contributed by atoms with Crippen molar-refractivity contribution in [3.63, 3.8) is 0 Å². The molecule has 1 aliphatic heterocycles. The number of aromatic nitrogens is 4. The third kappa shape index (κ3) is 4.23. The molecule has 2 fully saturated rings. The number of nitrogens with one attached hydrogen (secondary N) is 2. The molecule has 0 radical (unpaired) electrons. The molecule has 1 saturated carbocycles. The van der Waals surface area contributed by atoms with Gasteiger partial charge in [-0.1, -0.05) is 0 Å². The highest BCUT2D eigenvalue weighted by Gasteiger charge is 2.49. The van der Waals surface area contributed by atoms with Crippen LogP contribution in [0.1, 0.15) is 29.9 Å². The Balaban J connectivity index is 0.00000130. The van der Waals surface area contributed by atoms with Crippen LogP contribution < -0.4 is 20.9 Å². The molecule has 4 aromatic rings. The Kier molecular flexibility index (Phi) is 6.25. The van der Waals surface area contributed by atoms with Gasteiger partial charge in [-0.2, -0.15) is 5.10 Å². The number of benzene rings is 1. The molecule has 3 aromatic heterocycles. The quantitative estimate of drug-likeness (QED) is 0.419. The summed E-state index contributed by atoms with van der Waals surface area (Å²) >= 11 is 0. The highest BCUT2D eigenvalue weighted by molar-refractivity contribution is 5.77. The average molecular weight is 482 g/mol. The van der Waals surface area contributed by atoms with Crippen LogP contribution in [0.2, 0.25) is 0 Å². The molecule has 184 valence electrons. The fourth-order valence-corrected chi connectivity index (χ4v) is 5.30. The fraction of sp³-hybridized carbons (Fsp3) is 0.321. The number of hydrogen-bond donors (Lipinski definition) is 2. The second-order valence-corrected chi connectivity index (χ2v) is 9.64. The van der Waals surface area contributed by atoms with E-state index in [4.69, 9.17) is 4.74 Å². The number of anilines is 2. The lowest BCUT2D eigenvalue weighted by atomic mass is 9.57. The van der Waals surface area contributed by atoms with Crippen molar-refractivity contribution in [2.75, 3.05) is 25.5 Å². The second kappa shape index (κ2) is 9.51. The van der Waals surface area contributed by atoms with E-state index in [0.717, 1.165) is 52.7 Å². The third-order valence-corrected chi connectivity index (χ3v) is 7.27. The molecule has 0 atom stereocenters. The summed E-state index contributed by atoms with van der Waals surface area (Å²) in [5.74, 6) is 2.98. The van der Waals surface area contributed by atoms with Gasteiger partial charge in [-0.25, -0.2) is 9.50 Å². The monoisotopic (exact) mass is 481 g/mol. The predicted octanol–water partition coefficient (Wildman–Crippen LogP) is 4.16. The molecule has 1 aliphatic carbocycles. The van der Waals surface area contributed by atoms with E-state index in [2.05, 4.69) is 50.7 Å². The number of hydrogen-bond acceptors (Lipinski definition) is 6. The number of aryl methyl sites for hydroxylation is 2. The van der Waals surface area contributed by atoms with Gasteiger partial charge in [0.2, 0.25) is 0 Å². The maximum absolute atomic E-state index is 6.14. The Hall–Kier alpha value is -4.09. The zero-order valence-electron chi connectivity index (χ0n) is 20.9. The molecule has 2 aliphatic rings. The molecule has 6 rings (SSSR count). The minimum atomic E-state index is 0.525. The van der Waals surface area contributed by atoms with E-state index in [-0.39, 0.29) is 0 Å². The SMILES string of the molecule is C#C.CN=c1cc(Oc2ccc(Nc3ncnn4ccc(C5CC6(CNC6)C5)c34)cc2C)ccn1C. The molecule has 1 spiro atoms. The topological polar surface area (TPSA) is 80.8 Å². The van der Waals surface area contributed by atoms with Crippen LogP contribution in [0.15, 0.2) is 60.1 Å². The molecule has 0 bridgehead atoms. The highest BCUT2D eigenvalue weighted by Crippen LogP contribution is 2.54.